The molecular formula is C19H16ClFN4O. The topological polar surface area (TPSA) is 66.9 Å². The number of aromatic nitrogens is 2. The molecule has 3 aromatic rings. The third kappa shape index (κ3) is 5.00. The molecule has 0 aliphatic rings. The summed E-state index contributed by atoms with van der Waals surface area (Å²) in [6, 6.07) is 14.9. The highest BCUT2D eigenvalue weighted by Gasteiger charge is 2.08. The van der Waals surface area contributed by atoms with Gasteiger partial charge in [-0.2, -0.15) is 0 Å². The number of rotatable bonds is 6. The van der Waals surface area contributed by atoms with E-state index in [0.29, 0.717) is 17.5 Å². The number of nitrogens with zero attached hydrogens (tertiary/aromatic N) is 2. The average molecular weight is 371 g/mol. The van der Waals surface area contributed by atoms with Crippen molar-refractivity contribution in [1.29, 1.82) is 0 Å². The van der Waals surface area contributed by atoms with Crippen LogP contribution in [-0.2, 0) is 13.1 Å². The Bertz CT molecular complexity index is 885. The van der Waals surface area contributed by atoms with Gasteiger partial charge < -0.3 is 10.6 Å². The molecule has 7 heteroatoms. The van der Waals surface area contributed by atoms with Crippen molar-refractivity contribution in [2.75, 3.05) is 5.32 Å². The summed E-state index contributed by atoms with van der Waals surface area (Å²) in [5, 5.41) is 6.49. The molecule has 0 spiro atoms. The molecule has 0 fully saturated rings. The van der Waals surface area contributed by atoms with Crippen LogP contribution in [0.4, 0.5) is 10.3 Å². The van der Waals surface area contributed by atoms with E-state index in [1.54, 1.807) is 24.3 Å². The first-order valence-electron chi connectivity index (χ1n) is 7.94. The Balaban J connectivity index is 1.58. The molecule has 0 radical (unpaired) electrons. The van der Waals surface area contributed by atoms with Crippen LogP contribution in [0.5, 0.6) is 0 Å². The van der Waals surface area contributed by atoms with Gasteiger partial charge in [-0.3, -0.25) is 4.79 Å². The first-order valence-corrected chi connectivity index (χ1v) is 8.32. The van der Waals surface area contributed by atoms with Crippen LogP contribution < -0.4 is 10.6 Å². The Hall–Kier alpha value is -2.99. The van der Waals surface area contributed by atoms with Crippen molar-refractivity contribution in [1.82, 2.24) is 15.3 Å². The lowest BCUT2D eigenvalue weighted by Crippen LogP contribution is -2.24. The van der Waals surface area contributed by atoms with Crippen molar-refractivity contribution in [3.8, 4) is 0 Å². The zero-order valence-electron chi connectivity index (χ0n) is 13.7. The second-order valence-corrected chi connectivity index (χ2v) is 5.99. The van der Waals surface area contributed by atoms with Gasteiger partial charge in [-0.15, -0.1) is 0 Å². The normalized spacial score (nSPS) is 10.4. The lowest BCUT2D eigenvalue weighted by Gasteiger charge is -2.08. The minimum absolute atomic E-state index is 0.251. The van der Waals surface area contributed by atoms with Gasteiger partial charge in [-0.1, -0.05) is 35.9 Å². The van der Waals surface area contributed by atoms with Crippen LogP contribution in [0, 0.1) is 5.82 Å². The molecule has 132 valence electrons. The Morgan fingerprint density at radius 2 is 1.62 bits per heavy atom. The Labute approximate surface area is 155 Å². The Kier molecular flexibility index (Phi) is 5.76. The van der Waals surface area contributed by atoms with Crippen LogP contribution in [0.1, 0.15) is 21.6 Å². The highest BCUT2D eigenvalue weighted by atomic mass is 35.5. The maximum atomic E-state index is 12.9. The molecule has 0 unspecified atom stereocenters. The molecular weight excluding hydrogens is 355 g/mol. The molecule has 26 heavy (non-hydrogen) atoms. The van der Waals surface area contributed by atoms with E-state index in [2.05, 4.69) is 20.6 Å². The van der Waals surface area contributed by atoms with Gasteiger partial charge in [0.15, 0.2) is 0 Å². The van der Waals surface area contributed by atoms with Crippen molar-refractivity contribution >= 4 is 23.5 Å². The number of halogens is 2. The predicted octanol–water partition coefficient (Wildman–Crippen LogP) is 3.81. The Morgan fingerprint density at radius 1 is 0.962 bits per heavy atom. The smallest absolute Gasteiger partial charge is 0.270 e. The molecule has 0 aliphatic carbocycles. The summed E-state index contributed by atoms with van der Waals surface area (Å²) in [5.41, 5.74) is 2.07. The van der Waals surface area contributed by atoms with Crippen LogP contribution in [-0.4, -0.2) is 15.9 Å². The third-order valence-electron chi connectivity index (χ3n) is 3.62. The van der Waals surface area contributed by atoms with E-state index in [1.165, 1.54) is 24.4 Å². The molecule has 1 amide bonds. The summed E-state index contributed by atoms with van der Waals surface area (Å²) >= 11 is 5.86. The summed E-state index contributed by atoms with van der Waals surface area (Å²) in [7, 11) is 0. The average Bonchev–Trinajstić information content (AvgIpc) is 2.67. The van der Waals surface area contributed by atoms with Crippen LogP contribution in [0.15, 0.2) is 60.8 Å². The summed E-state index contributed by atoms with van der Waals surface area (Å²) in [5.74, 6) is -0.284. The summed E-state index contributed by atoms with van der Waals surface area (Å²) in [6.07, 6.45) is 1.52. The number of hydrogen-bond acceptors (Lipinski definition) is 4. The lowest BCUT2D eigenvalue weighted by molar-refractivity contribution is 0.0946. The lowest BCUT2D eigenvalue weighted by atomic mass is 10.2. The number of carbonyl (C=O) groups is 1. The van der Waals surface area contributed by atoms with Crippen molar-refractivity contribution in [3.05, 3.63) is 88.5 Å². The second-order valence-electron chi connectivity index (χ2n) is 5.55. The fraction of sp³-hybridized carbons (Fsp3) is 0.105. The molecule has 0 aliphatic heterocycles. The molecule has 0 bridgehead atoms. The van der Waals surface area contributed by atoms with Gasteiger partial charge in [-0.25, -0.2) is 14.4 Å². The second kappa shape index (κ2) is 8.40. The van der Waals surface area contributed by atoms with E-state index >= 15 is 0 Å². The van der Waals surface area contributed by atoms with E-state index in [-0.39, 0.29) is 24.0 Å². The monoisotopic (exact) mass is 370 g/mol. The molecule has 1 heterocycles. The molecule has 3 rings (SSSR count). The fourth-order valence-corrected chi connectivity index (χ4v) is 2.35. The van der Waals surface area contributed by atoms with Crippen molar-refractivity contribution in [2.45, 2.75) is 13.1 Å². The van der Waals surface area contributed by atoms with Gasteiger partial charge in [-0.05, 0) is 41.5 Å². The van der Waals surface area contributed by atoms with Crippen molar-refractivity contribution in [3.63, 3.8) is 0 Å². The van der Waals surface area contributed by atoms with E-state index in [1.807, 2.05) is 12.1 Å². The minimum Gasteiger partial charge on any atom is -0.350 e. The number of anilines is 1. The van der Waals surface area contributed by atoms with E-state index in [4.69, 9.17) is 11.6 Å². The van der Waals surface area contributed by atoms with Gasteiger partial charge in [0.2, 0.25) is 5.95 Å². The molecule has 2 N–H and O–H groups in total. The summed E-state index contributed by atoms with van der Waals surface area (Å²) in [6.45, 7) is 0.800. The minimum atomic E-state index is -0.328. The van der Waals surface area contributed by atoms with E-state index < -0.39 is 0 Å². The van der Waals surface area contributed by atoms with Crippen molar-refractivity contribution < 1.29 is 9.18 Å². The molecule has 5 nitrogen and oxygen atoms in total. The standard InChI is InChI=1S/C19H16ClFN4O/c20-15-5-1-13(2-6-15)12-24-19-22-10-9-17(25-19)18(26)23-11-14-3-7-16(21)8-4-14/h1-10H,11-12H2,(H,23,26)(H,22,24,25). The quantitative estimate of drug-likeness (QED) is 0.692. The number of amides is 1. The highest BCUT2D eigenvalue weighted by molar-refractivity contribution is 6.30. The molecule has 0 saturated heterocycles. The van der Waals surface area contributed by atoms with Crippen molar-refractivity contribution in [2.24, 2.45) is 0 Å². The number of carbonyl (C=O) groups excluding carboxylic acids is 1. The van der Waals surface area contributed by atoms with Gasteiger partial charge in [0.05, 0.1) is 0 Å². The summed E-state index contributed by atoms with van der Waals surface area (Å²) < 4.78 is 12.9. The van der Waals surface area contributed by atoms with Crippen LogP contribution in [0.3, 0.4) is 0 Å². The van der Waals surface area contributed by atoms with E-state index in [9.17, 15) is 9.18 Å². The van der Waals surface area contributed by atoms with E-state index in [0.717, 1.165) is 11.1 Å². The Morgan fingerprint density at radius 3 is 2.35 bits per heavy atom. The largest absolute Gasteiger partial charge is 0.350 e. The number of benzene rings is 2. The van der Waals surface area contributed by atoms with Gasteiger partial charge in [0, 0.05) is 24.3 Å². The predicted molar refractivity (Wildman–Crippen MR) is 98.4 cm³/mol. The van der Waals surface area contributed by atoms with Gasteiger partial charge >= 0.3 is 0 Å². The maximum absolute atomic E-state index is 12.9. The zero-order valence-corrected chi connectivity index (χ0v) is 14.5. The van der Waals surface area contributed by atoms with Crippen LogP contribution in [0.2, 0.25) is 5.02 Å². The first-order chi connectivity index (χ1) is 12.6. The first kappa shape index (κ1) is 17.8. The van der Waals surface area contributed by atoms with Crippen LogP contribution in [0.25, 0.3) is 0 Å². The summed E-state index contributed by atoms with van der Waals surface area (Å²) in [4.78, 5) is 20.6. The zero-order chi connectivity index (χ0) is 18.4. The van der Waals surface area contributed by atoms with Crippen LogP contribution >= 0.6 is 11.6 Å². The van der Waals surface area contributed by atoms with Gasteiger partial charge in [0.1, 0.15) is 11.5 Å². The maximum Gasteiger partial charge on any atom is 0.270 e. The molecule has 0 atom stereocenters. The molecule has 1 aromatic heterocycles. The number of hydrogen-bond donors (Lipinski definition) is 2. The third-order valence-corrected chi connectivity index (χ3v) is 3.87. The highest BCUT2D eigenvalue weighted by Crippen LogP contribution is 2.11. The SMILES string of the molecule is O=C(NCc1ccc(F)cc1)c1ccnc(NCc2ccc(Cl)cc2)n1. The molecule has 2 aromatic carbocycles. The molecule has 0 saturated carbocycles. The number of nitrogens with one attached hydrogen (secondary N) is 2. The van der Waals surface area contributed by atoms with Gasteiger partial charge in [0.25, 0.3) is 5.91 Å². The fourth-order valence-electron chi connectivity index (χ4n) is 2.23.